The van der Waals surface area contributed by atoms with Gasteiger partial charge in [-0.1, -0.05) is 64.0 Å². The van der Waals surface area contributed by atoms with Crippen LogP contribution in [0.4, 0.5) is 22.0 Å². The van der Waals surface area contributed by atoms with E-state index >= 15 is 0 Å². The largest absolute Gasteiger partial charge is 0.422 e. The average molecular weight is 457 g/mol. The van der Waals surface area contributed by atoms with Gasteiger partial charge in [0, 0.05) is 0 Å². The van der Waals surface area contributed by atoms with E-state index in [9.17, 15) is 22.0 Å². The van der Waals surface area contributed by atoms with E-state index in [1.807, 2.05) is 0 Å². The predicted octanol–water partition coefficient (Wildman–Crippen LogP) is 9.59. The number of unbranched alkanes of at least 4 members (excludes halogenated alkanes) is 1. The number of halogens is 5. The Morgan fingerprint density at radius 2 is 1.41 bits per heavy atom. The predicted molar refractivity (Wildman–Crippen MR) is 119 cm³/mol. The lowest BCUT2D eigenvalue weighted by atomic mass is 9.77. The van der Waals surface area contributed by atoms with Gasteiger partial charge < -0.3 is 0 Å². The number of alkyl halides is 3. The number of hydrogen-bond acceptors (Lipinski definition) is 0. The number of hydrogen-bond donors (Lipinski definition) is 0. The van der Waals surface area contributed by atoms with E-state index in [0.717, 1.165) is 56.1 Å². The van der Waals surface area contributed by atoms with Crippen LogP contribution in [-0.2, 0) is 6.18 Å². The molecule has 2 fully saturated rings. The Hall–Kier alpha value is -1.39. The van der Waals surface area contributed by atoms with Crippen molar-refractivity contribution < 1.29 is 22.0 Å². The quantitative estimate of drug-likeness (QED) is 0.270. The second kappa shape index (κ2) is 11.7. The highest BCUT2D eigenvalue weighted by Crippen LogP contribution is 2.40. The van der Waals surface area contributed by atoms with Gasteiger partial charge in [0.15, 0.2) is 0 Å². The lowest BCUT2D eigenvalue weighted by Gasteiger charge is -2.28. The molecular weight excluding hydrogens is 419 g/mol. The van der Waals surface area contributed by atoms with Crippen LogP contribution < -0.4 is 0 Å². The lowest BCUT2D eigenvalue weighted by Crippen LogP contribution is -2.15. The Bertz CT molecular complexity index is 712. The molecule has 0 bridgehead atoms. The zero-order valence-electron chi connectivity index (χ0n) is 19.2. The van der Waals surface area contributed by atoms with Crippen LogP contribution >= 0.6 is 0 Å². The second-order valence-electron chi connectivity index (χ2n) is 10.0. The van der Waals surface area contributed by atoms with Gasteiger partial charge in [0.05, 0.1) is 0 Å². The summed E-state index contributed by atoms with van der Waals surface area (Å²) in [5, 5.41) is 0. The summed E-state index contributed by atoms with van der Waals surface area (Å²) in [6.45, 7) is 2.26. The van der Waals surface area contributed by atoms with Crippen molar-refractivity contribution in [2.75, 3.05) is 0 Å². The molecule has 2 saturated carbocycles. The first-order valence-electron chi connectivity index (χ1n) is 12.5. The maximum Gasteiger partial charge on any atom is 0.422 e. The van der Waals surface area contributed by atoms with Crippen LogP contribution in [0.5, 0.6) is 0 Å². The molecule has 1 aromatic carbocycles. The van der Waals surface area contributed by atoms with Crippen LogP contribution in [0.1, 0.15) is 107 Å². The maximum atomic E-state index is 13.9. The molecule has 0 nitrogen and oxygen atoms in total. The third-order valence-corrected chi connectivity index (χ3v) is 7.67. The average Bonchev–Trinajstić information content (AvgIpc) is 2.75. The molecule has 0 radical (unpaired) electrons. The molecule has 1 aromatic rings. The number of allylic oxidation sites excluding steroid dienone is 2. The van der Waals surface area contributed by atoms with Crippen LogP contribution in [0.3, 0.4) is 0 Å². The summed E-state index contributed by atoms with van der Waals surface area (Å²) < 4.78 is 66.1. The Kier molecular flexibility index (Phi) is 9.19. The van der Waals surface area contributed by atoms with Crippen LogP contribution in [0.25, 0.3) is 0 Å². The summed E-state index contributed by atoms with van der Waals surface area (Å²) in [6.07, 6.45) is 14.9. The molecule has 0 atom stereocenters. The summed E-state index contributed by atoms with van der Waals surface area (Å²) in [7, 11) is 0. The van der Waals surface area contributed by atoms with Gasteiger partial charge in [-0.2, -0.15) is 13.2 Å². The zero-order valence-corrected chi connectivity index (χ0v) is 19.2. The Balaban J connectivity index is 1.39. The van der Waals surface area contributed by atoms with Gasteiger partial charge in [0.1, 0.15) is 17.2 Å². The molecule has 0 aliphatic heterocycles. The van der Waals surface area contributed by atoms with E-state index in [4.69, 9.17) is 0 Å². The van der Waals surface area contributed by atoms with Crippen LogP contribution in [0.2, 0.25) is 0 Å². The monoisotopic (exact) mass is 456 g/mol. The van der Waals surface area contributed by atoms with Crippen molar-refractivity contribution in [1.82, 2.24) is 0 Å². The highest BCUT2D eigenvalue weighted by molar-refractivity contribution is 5.31. The third kappa shape index (κ3) is 7.05. The molecule has 2 aliphatic rings. The van der Waals surface area contributed by atoms with Crippen molar-refractivity contribution in [2.45, 2.75) is 102 Å². The van der Waals surface area contributed by atoms with Gasteiger partial charge in [-0.05, 0) is 79.9 Å². The Labute approximate surface area is 189 Å². The van der Waals surface area contributed by atoms with E-state index < -0.39 is 23.4 Å². The van der Waals surface area contributed by atoms with Crippen molar-refractivity contribution in [2.24, 2.45) is 17.8 Å². The van der Waals surface area contributed by atoms with Gasteiger partial charge in [-0.25, -0.2) is 8.78 Å². The first kappa shape index (κ1) is 25.2. The summed E-state index contributed by atoms with van der Waals surface area (Å²) >= 11 is 0. The first-order valence-corrected chi connectivity index (χ1v) is 12.5. The molecule has 0 aromatic heterocycles. The summed E-state index contributed by atoms with van der Waals surface area (Å²) in [4.78, 5) is 0. The second-order valence-corrected chi connectivity index (χ2v) is 10.0. The minimum atomic E-state index is -5.01. The topological polar surface area (TPSA) is 0 Å². The smallest absolute Gasteiger partial charge is 0.206 e. The third-order valence-electron chi connectivity index (χ3n) is 7.67. The summed E-state index contributed by atoms with van der Waals surface area (Å²) in [5.74, 6) is -0.821. The zero-order chi connectivity index (χ0) is 23.1. The van der Waals surface area contributed by atoms with Crippen molar-refractivity contribution in [1.29, 1.82) is 0 Å². The molecule has 0 heterocycles. The molecule has 2 aliphatic carbocycles. The molecule has 5 heteroatoms. The van der Waals surface area contributed by atoms with Crippen LogP contribution in [-0.4, -0.2) is 0 Å². The van der Waals surface area contributed by atoms with Crippen LogP contribution in [0, 0.1) is 29.4 Å². The fourth-order valence-corrected chi connectivity index (χ4v) is 5.67. The van der Waals surface area contributed by atoms with E-state index in [-0.39, 0.29) is 5.92 Å². The molecule has 0 amide bonds. The maximum absolute atomic E-state index is 13.9. The Morgan fingerprint density at radius 1 is 0.844 bits per heavy atom. The SMILES string of the molecule is CCCCC1CCC(CC/C=C/C2CCC(c3cc(F)c(C(F)(F)F)c(F)c3)CC2)CC1. The van der Waals surface area contributed by atoms with Gasteiger partial charge >= 0.3 is 6.18 Å². The van der Waals surface area contributed by atoms with E-state index in [0.29, 0.717) is 11.5 Å². The number of benzene rings is 1. The van der Waals surface area contributed by atoms with Crippen molar-refractivity contribution in [3.63, 3.8) is 0 Å². The summed E-state index contributed by atoms with van der Waals surface area (Å²) in [5.41, 5.74) is -1.43. The molecule has 0 saturated heterocycles. The minimum absolute atomic E-state index is 0.0752. The molecule has 180 valence electrons. The molecule has 0 spiro atoms. The molecule has 0 unspecified atom stereocenters. The summed E-state index contributed by atoms with van der Waals surface area (Å²) in [6, 6.07) is 1.76. The fraction of sp³-hybridized carbons (Fsp3) is 0.704. The van der Waals surface area contributed by atoms with Crippen molar-refractivity contribution >= 4 is 0 Å². The van der Waals surface area contributed by atoms with Gasteiger partial charge in [0.2, 0.25) is 0 Å². The number of rotatable bonds is 8. The van der Waals surface area contributed by atoms with E-state index in [1.165, 1.54) is 51.4 Å². The molecular formula is C27H37F5. The van der Waals surface area contributed by atoms with Gasteiger partial charge in [-0.15, -0.1) is 0 Å². The fourth-order valence-electron chi connectivity index (χ4n) is 5.67. The molecule has 0 N–H and O–H groups in total. The lowest BCUT2D eigenvalue weighted by molar-refractivity contribution is -0.142. The highest BCUT2D eigenvalue weighted by Gasteiger charge is 2.38. The molecule has 32 heavy (non-hydrogen) atoms. The first-order chi connectivity index (χ1) is 15.3. The Morgan fingerprint density at radius 3 is 1.94 bits per heavy atom. The van der Waals surface area contributed by atoms with E-state index in [2.05, 4.69) is 19.1 Å². The van der Waals surface area contributed by atoms with Crippen molar-refractivity contribution in [3.05, 3.63) is 47.0 Å². The minimum Gasteiger partial charge on any atom is -0.206 e. The van der Waals surface area contributed by atoms with Gasteiger partial charge in [-0.3, -0.25) is 0 Å². The van der Waals surface area contributed by atoms with Gasteiger partial charge in [0.25, 0.3) is 0 Å². The highest BCUT2D eigenvalue weighted by atomic mass is 19.4. The normalized spacial score (nSPS) is 27.2. The van der Waals surface area contributed by atoms with Crippen molar-refractivity contribution in [3.8, 4) is 0 Å². The molecule has 3 rings (SSSR count). The van der Waals surface area contributed by atoms with Crippen LogP contribution in [0.15, 0.2) is 24.3 Å². The standard InChI is InChI=1S/C27H37F5/c1-2-3-6-19-9-11-20(12-10-19)7-4-5-8-21-13-15-22(16-14-21)23-17-24(28)26(25(29)18-23)27(30,31)32/h5,8,17-22H,2-4,6-7,9-16H2,1H3/b8-5+. The van der Waals surface area contributed by atoms with E-state index in [1.54, 1.807) is 0 Å².